The fourth-order valence-electron chi connectivity index (χ4n) is 1.41. The van der Waals surface area contributed by atoms with Crippen molar-refractivity contribution in [3.63, 3.8) is 0 Å². The molecule has 8 heteroatoms. The number of thioether (sulfide) groups is 1. The Hall–Kier alpha value is -1.41. The maximum absolute atomic E-state index is 10.6. The molecular formula is C10H12N4O2S2. The fourth-order valence-corrected chi connectivity index (χ4v) is 2.90. The van der Waals surface area contributed by atoms with E-state index in [1.807, 2.05) is 24.6 Å². The third-order valence-corrected chi connectivity index (χ3v) is 4.06. The highest BCUT2D eigenvalue weighted by Crippen LogP contribution is 2.20. The van der Waals surface area contributed by atoms with Crippen molar-refractivity contribution in [2.75, 3.05) is 5.75 Å². The van der Waals surface area contributed by atoms with Gasteiger partial charge in [-0.2, -0.15) is 0 Å². The van der Waals surface area contributed by atoms with Crippen LogP contribution in [0.2, 0.25) is 0 Å². The number of carboxylic acid groups (broad SMARTS) is 1. The molecule has 18 heavy (non-hydrogen) atoms. The lowest BCUT2D eigenvalue weighted by Crippen LogP contribution is -2.05. The fraction of sp³-hybridized carbons (Fsp3) is 0.400. The van der Waals surface area contributed by atoms with Crippen LogP contribution in [0.5, 0.6) is 0 Å². The van der Waals surface area contributed by atoms with Gasteiger partial charge in [-0.25, -0.2) is 4.98 Å². The Bertz CT molecular complexity index is 564. The van der Waals surface area contributed by atoms with E-state index in [2.05, 4.69) is 15.2 Å². The van der Waals surface area contributed by atoms with Gasteiger partial charge in [0.15, 0.2) is 5.16 Å². The molecule has 0 amide bonds. The van der Waals surface area contributed by atoms with Gasteiger partial charge in [-0.3, -0.25) is 4.79 Å². The summed E-state index contributed by atoms with van der Waals surface area (Å²) in [6.07, 6.45) is 1.82. The first-order valence-electron chi connectivity index (χ1n) is 5.22. The Balaban J connectivity index is 2.16. The van der Waals surface area contributed by atoms with Gasteiger partial charge in [-0.05, 0) is 13.8 Å². The van der Waals surface area contributed by atoms with Gasteiger partial charge in [-0.1, -0.05) is 11.8 Å². The first-order chi connectivity index (χ1) is 8.56. The van der Waals surface area contributed by atoms with Crippen LogP contribution in [0.15, 0.2) is 11.4 Å². The Morgan fingerprint density at radius 3 is 2.89 bits per heavy atom. The van der Waals surface area contributed by atoms with Gasteiger partial charge in [0.05, 0.1) is 17.3 Å². The summed E-state index contributed by atoms with van der Waals surface area (Å²) in [6.45, 7) is 4.44. The van der Waals surface area contributed by atoms with Crippen molar-refractivity contribution < 1.29 is 9.90 Å². The summed E-state index contributed by atoms with van der Waals surface area (Å²) in [5.41, 5.74) is 0. The molecule has 0 bridgehead atoms. The molecule has 1 N–H and O–H groups in total. The van der Waals surface area contributed by atoms with E-state index in [1.54, 1.807) is 11.3 Å². The lowest BCUT2D eigenvalue weighted by molar-refractivity contribution is -0.133. The van der Waals surface area contributed by atoms with Gasteiger partial charge in [0.25, 0.3) is 0 Å². The average molecular weight is 284 g/mol. The second kappa shape index (κ2) is 5.49. The molecule has 2 aromatic rings. The normalized spacial score (nSPS) is 10.8. The summed E-state index contributed by atoms with van der Waals surface area (Å²) in [4.78, 5) is 15.9. The number of thiazole rings is 1. The van der Waals surface area contributed by atoms with Crippen molar-refractivity contribution in [3.8, 4) is 0 Å². The Morgan fingerprint density at radius 1 is 1.50 bits per heavy atom. The first-order valence-corrected chi connectivity index (χ1v) is 7.02. The summed E-state index contributed by atoms with van der Waals surface area (Å²) in [5, 5.41) is 18.3. The zero-order chi connectivity index (χ0) is 13.1. The van der Waals surface area contributed by atoms with Gasteiger partial charge in [0.2, 0.25) is 0 Å². The van der Waals surface area contributed by atoms with E-state index in [-0.39, 0.29) is 5.75 Å². The summed E-state index contributed by atoms with van der Waals surface area (Å²) < 4.78 is 1.90. The van der Waals surface area contributed by atoms with Crippen LogP contribution >= 0.6 is 23.1 Å². The van der Waals surface area contributed by atoms with Crippen LogP contribution in [0.25, 0.3) is 0 Å². The molecule has 0 radical (unpaired) electrons. The van der Waals surface area contributed by atoms with Gasteiger partial charge in [0.1, 0.15) is 5.82 Å². The second-order valence-electron chi connectivity index (χ2n) is 3.64. The lowest BCUT2D eigenvalue weighted by Gasteiger charge is -2.05. The highest BCUT2D eigenvalue weighted by atomic mass is 32.2. The first kappa shape index (κ1) is 13.0. The molecule has 0 aliphatic heterocycles. The van der Waals surface area contributed by atoms with E-state index in [4.69, 9.17) is 5.11 Å². The maximum Gasteiger partial charge on any atom is 0.313 e. The van der Waals surface area contributed by atoms with Crippen LogP contribution in [0.3, 0.4) is 0 Å². The standard InChI is InChI=1S/C10H12N4O2S2/c1-6-12-13-10(17-5-9(15)16)14(6)4-8-3-11-7(2)18-8/h3H,4-5H2,1-2H3,(H,15,16). The number of carbonyl (C=O) groups is 1. The number of aromatic nitrogens is 4. The van der Waals surface area contributed by atoms with Crippen molar-refractivity contribution in [1.82, 2.24) is 19.7 Å². The number of nitrogens with zero attached hydrogens (tertiary/aromatic N) is 4. The minimum Gasteiger partial charge on any atom is -0.481 e. The number of hydrogen-bond donors (Lipinski definition) is 1. The molecule has 2 aromatic heterocycles. The quantitative estimate of drug-likeness (QED) is 0.839. The molecule has 2 heterocycles. The molecule has 0 saturated heterocycles. The van der Waals surface area contributed by atoms with E-state index in [1.165, 1.54) is 11.8 Å². The summed E-state index contributed by atoms with van der Waals surface area (Å²) >= 11 is 2.79. The van der Waals surface area contributed by atoms with Crippen molar-refractivity contribution >= 4 is 29.1 Å². The van der Waals surface area contributed by atoms with Crippen molar-refractivity contribution in [1.29, 1.82) is 0 Å². The number of aliphatic carboxylic acids is 1. The zero-order valence-electron chi connectivity index (χ0n) is 9.95. The molecule has 96 valence electrons. The molecular weight excluding hydrogens is 272 g/mol. The zero-order valence-corrected chi connectivity index (χ0v) is 11.6. The number of hydrogen-bond acceptors (Lipinski definition) is 6. The van der Waals surface area contributed by atoms with Gasteiger partial charge in [-0.15, -0.1) is 21.5 Å². The SMILES string of the molecule is Cc1ncc(Cn2c(C)nnc2SCC(=O)O)s1. The van der Waals surface area contributed by atoms with Gasteiger partial charge >= 0.3 is 5.97 Å². The number of aryl methyl sites for hydroxylation is 2. The molecule has 0 aliphatic carbocycles. The molecule has 2 rings (SSSR count). The van der Waals surface area contributed by atoms with E-state index in [9.17, 15) is 4.79 Å². The van der Waals surface area contributed by atoms with Crippen LogP contribution in [0.4, 0.5) is 0 Å². The number of rotatable bonds is 5. The number of carboxylic acids is 1. The van der Waals surface area contributed by atoms with Crippen molar-refractivity contribution in [2.24, 2.45) is 0 Å². The monoisotopic (exact) mass is 284 g/mol. The van der Waals surface area contributed by atoms with Gasteiger partial charge in [0, 0.05) is 11.1 Å². The third-order valence-electron chi connectivity index (χ3n) is 2.21. The molecule has 6 nitrogen and oxygen atoms in total. The minimum atomic E-state index is -0.860. The molecule has 0 aliphatic rings. The minimum absolute atomic E-state index is 0.0140. The predicted octanol–water partition coefficient (Wildman–Crippen LogP) is 1.58. The largest absolute Gasteiger partial charge is 0.481 e. The van der Waals surface area contributed by atoms with Crippen LogP contribution < -0.4 is 0 Å². The highest BCUT2D eigenvalue weighted by molar-refractivity contribution is 7.99. The second-order valence-corrected chi connectivity index (χ2v) is 5.91. The van der Waals surface area contributed by atoms with Crippen LogP contribution in [-0.4, -0.2) is 36.6 Å². The summed E-state index contributed by atoms with van der Waals surface area (Å²) in [7, 11) is 0. The molecule has 0 spiro atoms. The maximum atomic E-state index is 10.6. The van der Waals surface area contributed by atoms with Gasteiger partial charge < -0.3 is 9.67 Å². The molecule has 0 fully saturated rings. The third kappa shape index (κ3) is 3.08. The van der Waals surface area contributed by atoms with E-state index >= 15 is 0 Å². The van der Waals surface area contributed by atoms with Crippen LogP contribution in [-0.2, 0) is 11.3 Å². The van der Waals surface area contributed by atoms with Crippen molar-refractivity contribution in [2.45, 2.75) is 25.5 Å². The predicted molar refractivity (Wildman–Crippen MR) is 69.1 cm³/mol. The van der Waals surface area contributed by atoms with Crippen LogP contribution in [0, 0.1) is 13.8 Å². The Kier molecular flexibility index (Phi) is 3.97. The molecule has 0 unspecified atom stereocenters. The smallest absolute Gasteiger partial charge is 0.313 e. The average Bonchev–Trinajstić information content (AvgIpc) is 2.85. The topological polar surface area (TPSA) is 80.9 Å². The van der Waals surface area contributed by atoms with Crippen LogP contribution in [0.1, 0.15) is 15.7 Å². The Morgan fingerprint density at radius 2 is 2.28 bits per heavy atom. The summed E-state index contributed by atoms with van der Waals surface area (Å²) in [5.74, 6) is -0.102. The summed E-state index contributed by atoms with van der Waals surface area (Å²) in [6, 6.07) is 0. The van der Waals surface area contributed by atoms with E-state index < -0.39 is 5.97 Å². The van der Waals surface area contributed by atoms with Crippen molar-refractivity contribution in [3.05, 3.63) is 21.9 Å². The molecule has 0 aromatic carbocycles. The van der Waals surface area contributed by atoms with E-state index in [0.29, 0.717) is 11.7 Å². The molecule has 0 saturated carbocycles. The Labute approximate surface area is 112 Å². The lowest BCUT2D eigenvalue weighted by atomic mass is 10.5. The molecule has 0 atom stereocenters. The highest BCUT2D eigenvalue weighted by Gasteiger charge is 2.12. The van der Waals surface area contributed by atoms with E-state index in [0.717, 1.165) is 15.7 Å².